The first kappa shape index (κ1) is 18.6. The minimum Gasteiger partial charge on any atom is -0.384 e. The fraction of sp³-hybridized carbons (Fsp3) is 0. The Morgan fingerprint density at radius 3 is 2.24 bits per heavy atom. The molecule has 0 spiro atoms. The lowest BCUT2D eigenvalue weighted by molar-refractivity contribution is 0.479. The van der Waals surface area contributed by atoms with Crippen LogP contribution in [0.15, 0.2) is 62.0 Å². The Labute approximate surface area is 143 Å². The molecular weight excluding hydrogens is 374 g/mol. The number of rotatable bonds is 3. The molecular formula is C12H13N5O6S2. The Balaban J connectivity index is 2.61. The summed E-state index contributed by atoms with van der Waals surface area (Å²) in [4.78, 5) is 6.25. The third-order valence-corrected chi connectivity index (χ3v) is 4.64. The molecule has 0 bridgehead atoms. The van der Waals surface area contributed by atoms with Crippen LogP contribution in [0.4, 0.5) is 5.69 Å². The van der Waals surface area contributed by atoms with E-state index in [0.717, 1.165) is 18.2 Å². The highest BCUT2D eigenvalue weighted by atomic mass is 32.2. The van der Waals surface area contributed by atoms with E-state index in [4.69, 9.17) is 16.0 Å². The smallest absolute Gasteiger partial charge is 0.296 e. The molecule has 0 saturated heterocycles. The fourth-order valence-electron chi connectivity index (χ4n) is 1.85. The van der Waals surface area contributed by atoms with E-state index in [2.05, 4.69) is 21.9 Å². The molecule has 0 saturated carbocycles. The van der Waals surface area contributed by atoms with Gasteiger partial charge in [0.15, 0.2) is 0 Å². The highest BCUT2D eigenvalue weighted by Gasteiger charge is 2.21. The number of anilines is 1. The van der Waals surface area contributed by atoms with Gasteiger partial charge in [-0.05, 0) is 24.3 Å². The topological polar surface area (TPSA) is 198 Å². The van der Waals surface area contributed by atoms with Gasteiger partial charge in [0.2, 0.25) is 5.96 Å². The molecule has 1 aromatic rings. The van der Waals surface area contributed by atoms with Crippen molar-refractivity contribution in [1.29, 1.82) is 0 Å². The average molecular weight is 387 g/mol. The summed E-state index contributed by atoms with van der Waals surface area (Å²) in [5.41, 5.74) is 10.8. The fourth-order valence-corrected chi connectivity index (χ4v) is 2.99. The summed E-state index contributed by atoms with van der Waals surface area (Å²) in [5.74, 6) is -0.377. The number of nitrogens with zero attached hydrogens (tertiary/aromatic N) is 2. The van der Waals surface area contributed by atoms with Crippen LogP contribution >= 0.6 is 0 Å². The van der Waals surface area contributed by atoms with Crippen LogP contribution < -0.4 is 16.8 Å². The van der Waals surface area contributed by atoms with Crippen LogP contribution in [-0.4, -0.2) is 37.7 Å². The third-order valence-electron chi connectivity index (χ3n) is 2.88. The second kappa shape index (κ2) is 6.29. The highest BCUT2D eigenvalue weighted by Crippen LogP contribution is 2.26. The number of nitrogens with one attached hydrogen (secondary N) is 1. The molecule has 0 aromatic heterocycles. The predicted molar refractivity (Wildman–Crippen MR) is 90.2 cm³/mol. The maximum absolute atomic E-state index is 11.5. The van der Waals surface area contributed by atoms with Crippen molar-refractivity contribution in [3.8, 4) is 0 Å². The van der Waals surface area contributed by atoms with E-state index in [1.165, 1.54) is 6.08 Å². The van der Waals surface area contributed by atoms with Gasteiger partial charge in [0.1, 0.15) is 16.6 Å². The maximum atomic E-state index is 11.5. The number of aliphatic imine (C=N–C) groups is 2. The number of hydrogen-bond acceptors (Lipinski definition) is 9. The molecule has 1 aliphatic heterocycles. The van der Waals surface area contributed by atoms with Crippen LogP contribution in [0.3, 0.4) is 0 Å². The van der Waals surface area contributed by atoms with Gasteiger partial charge in [0, 0.05) is 5.57 Å². The predicted octanol–water partition coefficient (Wildman–Crippen LogP) is -0.325. The molecule has 0 atom stereocenters. The Morgan fingerprint density at radius 2 is 1.68 bits per heavy atom. The van der Waals surface area contributed by atoms with Gasteiger partial charge in [-0.3, -0.25) is 9.11 Å². The molecule has 134 valence electrons. The monoisotopic (exact) mass is 387 g/mol. The molecule has 1 heterocycles. The standard InChI is InChI=1S/C12H13N5O6S2/c1-6-4-10(13)16-12(14)17-11(6)15-8-5-7(24(18,19)20)2-3-9(8)25(21,22)23/h2-5H,1,13H2,(H,18,19,20)(H,21,22,23)(H3,14,15,16,17). The van der Waals surface area contributed by atoms with Crippen molar-refractivity contribution in [1.82, 2.24) is 0 Å². The van der Waals surface area contributed by atoms with Crippen LogP contribution in [0.1, 0.15) is 0 Å². The van der Waals surface area contributed by atoms with E-state index in [1.54, 1.807) is 0 Å². The normalized spacial score (nSPS) is 15.8. The number of benzene rings is 1. The van der Waals surface area contributed by atoms with E-state index in [1.807, 2.05) is 0 Å². The first-order valence-electron chi connectivity index (χ1n) is 6.33. The van der Waals surface area contributed by atoms with Crippen molar-refractivity contribution < 1.29 is 25.9 Å². The summed E-state index contributed by atoms with van der Waals surface area (Å²) in [7, 11) is -9.35. The van der Waals surface area contributed by atoms with Crippen molar-refractivity contribution in [2.24, 2.45) is 21.5 Å². The third kappa shape index (κ3) is 4.42. The van der Waals surface area contributed by atoms with Crippen LogP contribution in [-0.2, 0) is 20.2 Å². The molecule has 1 aliphatic rings. The van der Waals surface area contributed by atoms with E-state index >= 15 is 0 Å². The lowest BCUT2D eigenvalue weighted by Gasteiger charge is -2.13. The average Bonchev–Trinajstić information content (AvgIpc) is 2.54. The van der Waals surface area contributed by atoms with Crippen LogP contribution in [0.2, 0.25) is 0 Å². The van der Waals surface area contributed by atoms with Gasteiger partial charge in [0.05, 0.1) is 10.6 Å². The number of amidine groups is 1. The van der Waals surface area contributed by atoms with Gasteiger partial charge in [-0.2, -0.15) is 26.8 Å². The zero-order valence-electron chi connectivity index (χ0n) is 12.4. The Kier molecular flexibility index (Phi) is 4.68. The highest BCUT2D eigenvalue weighted by molar-refractivity contribution is 7.86. The number of guanidine groups is 1. The van der Waals surface area contributed by atoms with E-state index in [0.29, 0.717) is 0 Å². The first-order chi connectivity index (χ1) is 11.4. The van der Waals surface area contributed by atoms with Crippen molar-refractivity contribution >= 4 is 37.7 Å². The molecule has 0 radical (unpaired) electrons. The summed E-state index contributed by atoms with van der Waals surface area (Å²) in [5, 5.41) is 2.48. The van der Waals surface area contributed by atoms with E-state index < -0.39 is 30.0 Å². The van der Waals surface area contributed by atoms with Gasteiger partial charge in [-0.15, -0.1) is 0 Å². The summed E-state index contributed by atoms with van der Waals surface area (Å²) >= 11 is 0. The molecule has 0 aliphatic carbocycles. The lowest BCUT2D eigenvalue weighted by Crippen LogP contribution is -2.20. The minimum absolute atomic E-state index is 0.00950. The summed E-state index contributed by atoms with van der Waals surface area (Å²) in [6, 6.07) is 2.39. The quantitative estimate of drug-likeness (QED) is 0.431. The minimum atomic E-state index is -4.72. The first-order valence-corrected chi connectivity index (χ1v) is 9.21. The summed E-state index contributed by atoms with van der Waals surface area (Å²) < 4.78 is 63.9. The Morgan fingerprint density at radius 1 is 1.04 bits per heavy atom. The van der Waals surface area contributed by atoms with Gasteiger partial charge in [-0.25, -0.2) is 0 Å². The summed E-state index contributed by atoms with van der Waals surface area (Å²) in [6.45, 7) is 3.64. The molecule has 7 N–H and O–H groups in total. The van der Waals surface area contributed by atoms with Crippen LogP contribution in [0, 0.1) is 0 Å². The second-order valence-corrected chi connectivity index (χ2v) is 7.57. The number of hydrogen-bond donors (Lipinski definition) is 5. The van der Waals surface area contributed by atoms with Crippen molar-refractivity contribution in [3.63, 3.8) is 0 Å². The zero-order valence-corrected chi connectivity index (χ0v) is 14.0. The van der Waals surface area contributed by atoms with E-state index in [9.17, 15) is 21.4 Å². The number of nitrogens with two attached hydrogens (primary N) is 2. The summed E-state index contributed by atoms with van der Waals surface area (Å²) in [6.07, 6.45) is 1.28. The molecule has 0 fully saturated rings. The molecule has 13 heteroatoms. The molecule has 25 heavy (non-hydrogen) atoms. The van der Waals surface area contributed by atoms with Crippen molar-refractivity contribution in [2.75, 3.05) is 5.32 Å². The van der Waals surface area contributed by atoms with E-state index in [-0.39, 0.29) is 28.9 Å². The maximum Gasteiger partial charge on any atom is 0.296 e. The zero-order chi connectivity index (χ0) is 19.0. The van der Waals surface area contributed by atoms with Gasteiger partial charge in [0.25, 0.3) is 20.2 Å². The molecule has 2 rings (SSSR count). The second-order valence-electron chi connectivity index (χ2n) is 4.76. The lowest BCUT2D eigenvalue weighted by atomic mass is 10.2. The Hall–Kier alpha value is -2.74. The van der Waals surface area contributed by atoms with Crippen molar-refractivity contribution in [3.05, 3.63) is 42.2 Å². The largest absolute Gasteiger partial charge is 0.384 e. The molecule has 1 aromatic carbocycles. The SMILES string of the molecule is C=C1C=C(N)N=C(N)N=C1Nc1cc(S(=O)(=O)O)ccc1S(=O)(=O)O. The molecule has 11 nitrogen and oxygen atoms in total. The van der Waals surface area contributed by atoms with Gasteiger partial charge in [-0.1, -0.05) is 6.58 Å². The van der Waals surface area contributed by atoms with Crippen LogP contribution in [0.25, 0.3) is 0 Å². The molecule has 0 unspecified atom stereocenters. The van der Waals surface area contributed by atoms with Gasteiger partial charge >= 0.3 is 0 Å². The van der Waals surface area contributed by atoms with Crippen LogP contribution in [0.5, 0.6) is 0 Å². The van der Waals surface area contributed by atoms with Crippen molar-refractivity contribution in [2.45, 2.75) is 9.79 Å². The van der Waals surface area contributed by atoms with Gasteiger partial charge < -0.3 is 16.8 Å². The Bertz CT molecular complexity index is 1050. The molecule has 0 amide bonds.